The van der Waals surface area contributed by atoms with Gasteiger partial charge in [-0.3, -0.25) is 0 Å². The molecule has 2 unspecified atom stereocenters. The summed E-state index contributed by atoms with van der Waals surface area (Å²) in [6.45, 7) is 1.56. The number of hydrogen-bond acceptors (Lipinski definition) is 3. The Bertz CT molecular complexity index is 152. The molecule has 56 valence electrons. The van der Waals surface area contributed by atoms with E-state index in [9.17, 15) is 5.11 Å². The van der Waals surface area contributed by atoms with Crippen molar-refractivity contribution in [2.45, 2.75) is 12.5 Å². The van der Waals surface area contributed by atoms with Crippen LogP contribution in [0, 0.1) is 17.2 Å². The summed E-state index contributed by atoms with van der Waals surface area (Å²) in [6, 6.07) is 2.10. The number of likely N-dealkylation sites (N-methyl/N-ethyl adjacent to an activating group) is 1. The molecule has 1 saturated heterocycles. The highest BCUT2D eigenvalue weighted by Gasteiger charge is 2.24. The maximum atomic E-state index is 9.28. The van der Waals surface area contributed by atoms with E-state index in [4.69, 9.17) is 5.26 Å². The summed E-state index contributed by atoms with van der Waals surface area (Å²) in [7, 11) is 1.96. The summed E-state index contributed by atoms with van der Waals surface area (Å²) in [5.74, 6) is -0.142. The minimum absolute atomic E-state index is 0.142. The second-order valence-corrected chi connectivity index (χ2v) is 2.85. The molecule has 0 radical (unpaired) electrons. The van der Waals surface area contributed by atoms with Crippen molar-refractivity contribution in [1.82, 2.24) is 4.90 Å². The van der Waals surface area contributed by atoms with Gasteiger partial charge in [0, 0.05) is 6.54 Å². The fourth-order valence-corrected chi connectivity index (χ4v) is 1.24. The Labute approximate surface area is 60.9 Å². The zero-order valence-corrected chi connectivity index (χ0v) is 6.12. The Morgan fingerprint density at radius 3 is 2.90 bits per heavy atom. The van der Waals surface area contributed by atoms with E-state index in [1.54, 1.807) is 0 Å². The van der Waals surface area contributed by atoms with Crippen LogP contribution in [0.1, 0.15) is 6.42 Å². The monoisotopic (exact) mass is 140 g/mol. The van der Waals surface area contributed by atoms with Gasteiger partial charge in [-0.25, -0.2) is 0 Å². The van der Waals surface area contributed by atoms with E-state index >= 15 is 0 Å². The van der Waals surface area contributed by atoms with Crippen molar-refractivity contribution in [3.63, 3.8) is 0 Å². The lowest BCUT2D eigenvalue weighted by Gasteiger charge is -2.29. The van der Waals surface area contributed by atoms with Crippen LogP contribution in [0.2, 0.25) is 0 Å². The maximum Gasteiger partial charge on any atom is 0.0825 e. The van der Waals surface area contributed by atoms with Crippen molar-refractivity contribution in [3.05, 3.63) is 0 Å². The van der Waals surface area contributed by atoms with Gasteiger partial charge in [-0.15, -0.1) is 0 Å². The molecule has 0 bridgehead atoms. The molecule has 1 heterocycles. The molecule has 0 saturated carbocycles. The van der Waals surface area contributed by atoms with Crippen molar-refractivity contribution in [1.29, 1.82) is 5.26 Å². The molecule has 0 aromatic heterocycles. The van der Waals surface area contributed by atoms with Gasteiger partial charge in [0.05, 0.1) is 18.1 Å². The molecule has 3 heteroatoms. The van der Waals surface area contributed by atoms with Gasteiger partial charge in [0.1, 0.15) is 0 Å². The van der Waals surface area contributed by atoms with Gasteiger partial charge < -0.3 is 10.0 Å². The van der Waals surface area contributed by atoms with Crippen LogP contribution < -0.4 is 0 Å². The number of piperidine rings is 1. The van der Waals surface area contributed by atoms with E-state index in [0.29, 0.717) is 6.54 Å². The van der Waals surface area contributed by atoms with Crippen LogP contribution in [0.25, 0.3) is 0 Å². The Kier molecular flexibility index (Phi) is 2.25. The quantitative estimate of drug-likeness (QED) is 0.508. The predicted molar refractivity (Wildman–Crippen MR) is 37.2 cm³/mol. The number of aliphatic hydroxyl groups excluding tert-OH is 1. The highest BCUT2D eigenvalue weighted by Crippen LogP contribution is 2.14. The van der Waals surface area contributed by atoms with Gasteiger partial charge in [-0.1, -0.05) is 0 Å². The van der Waals surface area contributed by atoms with Crippen LogP contribution in [-0.4, -0.2) is 36.2 Å². The molecule has 10 heavy (non-hydrogen) atoms. The zero-order valence-electron chi connectivity index (χ0n) is 6.12. The van der Waals surface area contributed by atoms with Crippen LogP contribution in [-0.2, 0) is 0 Å². The number of aliphatic hydroxyl groups is 1. The van der Waals surface area contributed by atoms with Gasteiger partial charge in [0.15, 0.2) is 0 Å². The zero-order chi connectivity index (χ0) is 7.56. The number of likely N-dealkylation sites (tertiary alicyclic amines) is 1. The smallest absolute Gasteiger partial charge is 0.0825 e. The SMILES string of the molecule is CN1CCC(C#N)C(O)C1. The molecule has 1 fully saturated rings. The highest BCUT2D eigenvalue weighted by molar-refractivity contribution is 4.92. The number of hydrogen-bond donors (Lipinski definition) is 1. The van der Waals surface area contributed by atoms with E-state index < -0.39 is 6.10 Å². The van der Waals surface area contributed by atoms with Crippen LogP contribution in [0.4, 0.5) is 0 Å². The predicted octanol–water partition coefficient (Wildman–Crippen LogP) is -0.177. The van der Waals surface area contributed by atoms with Gasteiger partial charge >= 0.3 is 0 Å². The van der Waals surface area contributed by atoms with Crippen molar-refractivity contribution in [3.8, 4) is 6.07 Å². The van der Waals surface area contributed by atoms with Gasteiger partial charge in [0.25, 0.3) is 0 Å². The minimum atomic E-state index is -0.441. The molecule has 2 atom stereocenters. The highest BCUT2D eigenvalue weighted by atomic mass is 16.3. The molecule has 1 aliphatic rings. The molecule has 1 N–H and O–H groups in total. The first-order valence-electron chi connectivity index (χ1n) is 3.50. The second kappa shape index (κ2) is 3.00. The second-order valence-electron chi connectivity index (χ2n) is 2.85. The first kappa shape index (κ1) is 7.52. The Hall–Kier alpha value is -0.590. The van der Waals surface area contributed by atoms with Crippen LogP contribution in [0.5, 0.6) is 0 Å². The van der Waals surface area contributed by atoms with Crippen molar-refractivity contribution in [2.75, 3.05) is 20.1 Å². The van der Waals surface area contributed by atoms with Crippen LogP contribution >= 0.6 is 0 Å². The van der Waals surface area contributed by atoms with Gasteiger partial charge in [0.2, 0.25) is 0 Å². The topological polar surface area (TPSA) is 47.3 Å². The molecule has 1 rings (SSSR count). The van der Waals surface area contributed by atoms with Crippen LogP contribution in [0.3, 0.4) is 0 Å². The summed E-state index contributed by atoms with van der Waals surface area (Å²) in [5, 5.41) is 17.8. The molecule has 0 aromatic rings. The molecule has 3 nitrogen and oxygen atoms in total. The Morgan fingerprint density at radius 1 is 1.70 bits per heavy atom. The van der Waals surface area contributed by atoms with Gasteiger partial charge in [-0.2, -0.15) is 5.26 Å². The lowest BCUT2D eigenvalue weighted by molar-refractivity contribution is 0.0548. The molecule has 0 aliphatic carbocycles. The summed E-state index contributed by atoms with van der Waals surface area (Å²) >= 11 is 0. The molecule has 0 amide bonds. The largest absolute Gasteiger partial charge is 0.390 e. The van der Waals surface area contributed by atoms with Crippen molar-refractivity contribution < 1.29 is 5.11 Å². The van der Waals surface area contributed by atoms with Crippen LogP contribution in [0.15, 0.2) is 0 Å². The molecule has 0 spiro atoms. The molecule has 1 aliphatic heterocycles. The average molecular weight is 140 g/mol. The summed E-state index contributed by atoms with van der Waals surface area (Å²) in [6.07, 6.45) is 0.359. The number of β-amino-alcohol motifs (C(OH)–C–C–N with tert-alkyl or cyclic N) is 1. The fraction of sp³-hybridized carbons (Fsp3) is 0.857. The van der Waals surface area contributed by atoms with E-state index in [2.05, 4.69) is 6.07 Å². The van der Waals surface area contributed by atoms with E-state index in [-0.39, 0.29) is 5.92 Å². The Morgan fingerprint density at radius 2 is 2.40 bits per heavy atom. The van der Waals surface area contributed by atoms with E-state index in [1.807, 2.05) is 11.9 Å². The Balaban J connectivity index is 2.45. The third-order valence-electron chi connectivity index (χ3n) is 1.95. The third kappa shape index (κ3) is 1.47. The average Bonchev–Trinajstić information content (AvgIpc) is 1.88. The van der Waals surface area contributed by atoms with Crippen molar-refractivity contribution >= 4 is 0 Å². The normalized spacial score (nSPS) is 35.3. The standard InChI is InChI=1S/C7H12N2O/c1-9-3-2-6(4-8)7(10)5-9/h6-7,10H,2-3,5H2,1H3. The summed E-state index contributed by atoms with van der Waals surface area (Å²) in [4.78, 5) is 2.04. The summed E-state index contributed by atoms with van der Waals surface area (Å²) in [5.41, 5.74) is 0. The van der Waals surface area contributed by atoms with Crippen molar-refractivity contribution in [2.24, 2.45) is 5.92 Å². The maximum absolute atomic E-state index is 9.28. The number of nitrogens with zero attached hydrogens (tertiary/aromatic N) is 2. The first-order valence-corrected chi connectivity index (χ1v) is 3.50. The van der Waals surface area contributed by atoms with E-state index in [0.717, 1.165) is 13.0 Å². The number of nitriles is 1. The van der Waals surface area contributed by atoms with E-state index in [1.165, 1.54) is 0 Å². The summed E-state index contributed by atoms with van der Waals surface area (Å²) < 4.78 is 0. The van der Waals surface area contributed by atoms with Gasteiger partial charge in [-0.05, 0) is 20.0 Å². The minimum Gasteiger partial charge on any atom is -0.390 e. The molecule has 0 aromatic carbocycles. The first-order chi connectivity index (χ1) is 4.74. The molecular formula is C7H12N2O. The lowest BCUT2D eigenvalue weighted by Crippen LogP contribution is -2.40. The number of rotatable bonds is 0. The fourth-order valence-electron chi connectivity index (χ4n) is 1.24. The third-order valence-corrected chi connectivity index (χ3v) is 1.95. The lowest BCUT2D eigenvalue weighted by atomic mass is 9.96. The molecular weight excluding hydrogens is 128 g/mol.